The van der Waals surface area contributed by atoms with Crippen molar-refractivity contribution in [2.45, 2.75) is 51.5 Å². The number of carbonyl (C=O) groups excluding carboxylic acids is 2. The second-order valence-electron chi connectivity index (χ2n) is 5.61. The van der Waals surface area contributed by atoms with Crippen molar-refractivity contribution in [3.8, 4) is 0 Å². The van der Waals surface area contributed by atoms with E-state index in [1.807, 2.05) is 13.8 Å². The van der Waals surface area contributed by atoms with E-state index in [9.17, 15) is 9.59 Å². The van der Waals surface area contributed by atoms with Crippen molar-refractivity contribution in [2.75, 3.05) is 20.2 Å². The summed E-state index contributed by atoms with van der Waals surface area (Å²) in [5.41, 5.74) is -0.503. The Morgan fingerprint density at radius 3 is 2.53 bits per heavy atom. The lowest BCUT2D eigenvalue weighted by atomic mass is 9.91. The highest BCUT2D eigenvalue weighted by Crippen LogP contribution is 2.19. The molecule has 0 aliphatic carbocycles. The number of esters is 1. The van der Waals surface area contributed by atoms with Gasteiger partial charge in [0.25, 0.3) is 0 Å². The molecule has 0 radical (unpaired) electrons. The lowest BCUT2D eigenvalue weighted by molar-refractivity contribution is -0.142. The first-order valence-corrected chi connectivity index (χ1v) is 7.07. The highest BCUT2D eigenvalue weighted by Gasteiger charge is 2.29. The van der Waals surface area contributed by atoms with E-state index in [1.54, 1.807) is 0 Å². The molecule has 5 nitrogen and oxygen atoms in total. The molecule has 110 valence electrons. The minimum atomic E-state index is -0.503. The monoisotopic (exact) mass is 270 g/mol. The summed E-state index contributed by atoms with van der Waals surface area (Å²) in [6, 6.07) is 0. The van der Waals surface area contributed by atoms with Crippen LogP contribution in [0.3, 0.4) is 0 Å². The molecule has 1 aliphatic rings. The van der Waals surface area contributed by atoms with Gasteiger partial charge in [0.05, 0.1) is 13.5 Å². The maximum atomic E-state index is 12.1. The van der Waals surface area contributed by atoms with E-state index >= 15 is 0 Å². The third-order valence-corrected chi connectivity index (χ3v) is 3.92. The SMILES string of the molecule is CCC(C)(CC(=O)OC)NC(=O)CC1CCNCC1. The molecular formula is C14H26N2O3. The number of ether oxygens (including phenoxy) is 1. The molecule has 1 unspecified atom stereocenters. The number of piperidine rings is 1. The summed E-state index contributed by atoms with van der Waals surface area (Å²) in [4.78, 5) is 23.4. The summed E-state index contributed by atoms with van der Waals surface area (Å²) in [7, 11) is 1.37. The molecule has 5 heteroatoms. The zero-order valence-corrected chi connectivity index (χ0v) is 12.3. The molecule has 1 amide bonds. The smallest absolute Gasteiger partial charge is 0.307 e. The number of methoxy groups -OCH3 is 1. The molecule has 1 saturated heterocycles. The van der Waals surface area contributed by atoms with Gasteiger partial charge in [-0.15, -0.1) is 0 Å². The Balaban J connectivity index is 2.44. The molecule has 19 heavy (non-hydrogen) atoms. The van der Waals surface area contributed by atoms with Crippen LogP contribution in [0.1, 0.15) is 46.0 Å². The Labute approximate surface area is 115 Å². The van der Waals surface area contributed by atoms with Gasteiger partial charge < -0.3 is 15.4 Å². The van der Waals surface area contributed by atoms with Crippen molar-refractivity contribution in [3.05, 3.63) is 0 Å². The van der Waals surface area contributed by atoms with Crippen LogP contribution in [-0.2, 0) is 14.3 Å². The number of nitrogens with one attached hydrogen (secondary N) is 2. The predicted octanol–water partition coefficient (Wildman–Crippen LogP) is 1.22. The van der Waals surface area contributed by atoms with Gasteiger partial charge >= 0.3 is 5.97 Å². The summed E-state index contributed by atoms with van der Waals surface area (Å²) in [5.74, 6) is 0.215. The zero-order valence-electron chi connectivity index (χ0n) is 12.3. The summed E-state index contributed by atoms with van der Waals surface area (Å²) in [6.45, 7) is 5.84. The maximum absolute atomic E-state index is 12.1. The van der Waals surface area contributed by atoms with E-state index in [0.717, 1.165) is 25.9 Å². The normalized spacial score (nSPS) is 19.5. The Kier molecular flexibility index (Phi) is 6.28. The Morgan fingerprint density at radius 2 is 2.00 bits per heavy atom. The third-order valence-electron chi connectivity index (χ3n) is 3.92. The number of hydrogen-bond donors (Lipinski definition) is 2. The highest BCUT2D eigenvalue weighted by molar-refractivity contribution is 5.78. The maximum Gasteiger partial charge on any atom is 0.307 e. The average molecular weight is 270 g/mol. The Morgan fingerprint density at radius 1 is 1.37 bits per heavy atom. The topological polar surface area (TPSA) is 67.4 Å². The fraction of sp³-hybridized carbons (Fsp3) is 0.857. The fourth-order valence-electron chi connectivity index (χ4n) is 2.38. The summed E-state index contributed by atoms with van der Waals surface area (Å²) < 4.78 is 4.68. The van der Waals surface area contributed by atoms with Crippen molar-refractivity contribution in [1.29, 1.82) is 0 Å². The van der Waals surface area contributed by atoms with E-state index in [4.69, 9.17) is 0 Å². The number of rotatable bonds is 6. The molecule has 1 rings (SSSR count). The molecule has 0 saturated carbocycles. The molecule has 1 fully saturated rings. The molecule has 1 atom stereocenters. The quantitative estimate of drug-likeness (QED) is 0.712. The van der Waals surface area contributed by atoms with Crippen LogP contribution in [0.5, 0.6) is 0 Å². The van der Waals surface area contributed by atoms with E-state index in [1.165, 1.54) is 7.11 Å². The lowest BCUT2D eigenvalue weighted by Crippen LogP contribution is -2.48. The van der Waals surface area contributed by atoms with Crippen molar-refractivity contribution < 1.29 is 14.3 Å². The predicted molar refractivity (Wildman–Crippen MR) is 73.7 cm³/mol. The van der Waals surface area contributed by atoms with Gasteiger partial charge in [-0.2, -0.15) is 0 Å². The van der Waals surface area contributed by atoms with Crippen LogP contribution in [0.15, 0.2) is 0 Å². The first kappa shape index (κ1) is 16.0. The molecule has 0 bridgehead atoms. The first-order chi connectivity index (χ1) is 8.99. The van der Waals surface area contributed by atoms with Crippen LogP contribution in [0.4, 0.5) is 0 Å². The van der Waals surface area contributed by atoms with Gasteiger partial charge in [0.2, 0.25) is 5.91 Å². The fourth-order valence-corrected chi connectivity index (χ4v) is 2.38. The lowest BCUT2D eigenvalue weighted by Gasteiger charge is -2.30. The summed E-state index contributed by atoms with van der Waals surface area (Å²) in [6.07, 6.45) is 3.58. The molecule has 0 spiro atoms. The van der Waals surface area contributed by atoms with E-state index in [-0.39, 0.29) is 18.3 Å². The Bertz CT molecular complexity index is 314. The molecule has 0 aromatic heterocycles. The number of carbonyl (C=O) groups is 2. The minimum Gasteiger partial charge on any atom is -0.469 e. The first-order valence-electron chi connectivity index (χ1n) is 7.07. The number of hydrogen-bond acceptors (Lipinski definition) is 4. The zero-order chi connectivity index (χ0) is 14.3. The van der Waals surface area contributed by atoms with Crippen LogP contribution >= 0.6 is 0 Å². The van der Waals surface area contributed by atoms with Gasteiger partial charge in [0.15, 0.2) is 0 Å². The van der Waals surface area contributed by atoms with Crippen LogP contribution < -0.4 is 10.6 Å². The molecule has 1 aliphatic heterocycles. The second kappa shape index (κ2) is 7.48. The van der Waals surface area contributed by atoms with E-state index < -0.39 is 5.54 Å². The largest absolute Gasteiger partial charge is 0.469 e. The van der Waals surface area contributed by atoms with E-state index in [2.05, 4.69) is 15.4 Å². The second-order valence-corrected chi connectivity index (χ2v) is 5.61. The van der Waals surface area contributed by atoms with E-state index in [0.29, 0.717) is 18.8 Å². The Hall–Kier alpha value is -1.10. The average Bonchev–Trinajstić information content (AvgIpc) is 2.39. The van der Waals surface area contributed by atoms with Gasteiger partial charge in [-0.1, -0.05) is 6.92 Å². The van der Waals surface area contributed by atoms with Gasteiger partial charge in [0.1, 0.15) is 0 Å². The minimum absolute atomic E-state index is 0.0418. The molecule has 1 heterocycles. The van der Waals surface area contributed by atoms with Crippen molar-refractivity contribution in [1.82, 2.24) is 10.6 Å². The van der Waals surface area contributed by atoms with Crippen molar-refractivity contribution >= 4 is 11.9 Å². The van der Waals surface area contributed by atoms with Gasteiger partial charge in [0, 0.05) is 12.0 Å². The van der Waals surface area contributed by atoms with Gasteiger partial charge in [-0.25, -0.2) is 0 Å². The molecule has 0 aromatic carbocycles. The summed E-state index contributed by atoms with van der Waals surface area (Å²) in [5, 5.41) is 6.28. The summed E-state index contributed by atoms with van der Waals surface area (Å²) >= 11 is 0. The number of amides is 1. The molecular weight excluding hydrogens is 244 g/mol. The molecule has 0 aromatic rings. The molecule has 2 N–H and O–H groups in total. The van der Waals surface area contributed by atoms with Gasteiger partial charge in [-0.05, 0) is 45.2 Å². The van der Waals surface area contributed by atoms with Crippen LogP contribution in [-0.4, -0.2) is 37.6 Å². The van der Waals surface area contributed by atoms with Crippen LogP contribution in [0.25, 0.3) is 0 Å². The standard InChI is InChI=1S/C14H26N2O3/c1-4-14(2,10-13(18)19-3)16-12(17)9-11-5-7-15-8-6-11/h11,15H,4-10H2,1-3H3,(H,16,17). The van der Waals surface area contributed by atoms with Crippen molar-refractivity contribution in [3.63, 3.8) is 0 Å². The van der Waals surface area contributed by atoms with Crippen LogP contribution in [0, 0.1) is 5.92 Å². The van der Waals surface area contributed by atoms with Gasteiger partial charge in [-0.3, -0.25) is 9.59 Å². The van der Waals surface area contributed by atoms with Crippen molar-refractivity contribution in [2.24, 2.45) is 5.92 Å². The highest BCUT2D eigenvalue weighted by atomic mass is 16.5. The van der Waals surface area contributed by atoms with Crippen LogP contribution in [0.2, 0.25) is 0 Å². The third kappa shape index (κ3) is 5.59.